The molecule has 2 aromatic rings. The van der Waals surface area contributed by atoms with E-state index in [0.717, 1.165) is 11.1 Å². The third-order valence-electron chi connectivity index (χ3n) is 5.08. The van der Waals surface area contributed by atoms with Crippen LogP contribution in [0.25, 0.3) is 0 Å². The topological polar surface area (TPSA) is 84.5 Å². The number of amides is 1. The van der Waals surface area contributed by atoms with Gasteiger partial charge in [-0.15, -0.1) is 0 Å². The number of carbonyl (C=O) groups is 1. The predicted molar refractivity (Wildman–Crippen MR) is 119 cm³/mol. The molecule has 0 saturated carbocycles. The molecule has 164 valence electrons. The Hall–Kier alpha value is -2.38. The summed E-state index contributed by atoms with van der Waals surface area (Å²) in [6.45, 7) is 12.0. The third-order valence-corrected chi connectivity index (χ3v) is 6.54. The molecule has 1 atom stereocenters. The zero-order valence-corrected chi connectivity index (χ0v) is 19.4. The van der Waals surface area contributed by atoms with Crippen LogP contribution in [0.3, 0.4) is 0 Å². The normalized spacial score (nSPS) is 12.5. The molecule has 0 aromatic heterocycles. The first kappa shape index (κ1) is 23.9. The summed E-state index contributed by atoms with van der Waals surface area (Å²) in [5.74, 6) is 0.246. The Labute approximate surface area is 180 Å². The first-order chi connectivity index (χ1) is 14.0. The summed E-state index contributed by atoms with van der Waals surface area (Å²) >= 11 is 0. The van der Waals surface area contributed by atoms with E-state index < -0.39 is 10.0 Å². The number of benzene rings is 2. The number of carbonyl (C=O) groups excluding carboxylic acids is 1. The minimum Gasteiger partial charge on any atom is -0.484 e. The summed E-state index contributed by atoms with van der Waals surface area (Å²) in [5, 5.41) is 2.96. The number of hydrogen-bond donors (Lipinski definition) is 2. The van der Waals surface area contributed by atoms with Crippen LogP contribution in [0, 0.1) is 27.7 Å². The van der Waals surface area contributed by atoms with E-state index in [9.17, 15) is 13.2 Å². The minimum atomic E-state index is -3.54. The minimum absolute atomic E-state index is 0.140. The lowest BCUT2D eigenvalue weighted by molar-refractivity contribution is -0.123. The fourth-order valence-electron chi connectivity index (χ4n) is 3.22. The van der Waals surface area contributed by atoms with E-state index in [1.54, 1.807) is 19.1 Å². The zero-order chi connectivity index (χ0) is 22.5. The highest BCUT2D eigenvalue weighted by Gasteiger charge is 2.16. The molecule has 0 aliphatic heterocycles. The second kappa shape index (κ2) is 10.1. The average Bonchev–Trinajstić information content (AvgIpc) is 2.68. The number of aryl methyl sites for hydroxylation is 4. The summed E-state index contributed by atoms with van der Waals surface area (Å²) in [6.07, 6.45) is 0.717. The Morgan fingerprint density at radius 3 is 2.30 bits per heavy atom. The van der Waals surface area contributed by atoms with Crippen LogP contribution in [0.15, 0.2) is 35.2 Å². The van der Waals surface area contributed by atoms with Crippen LogP contribution in [0.2, 0.25) is 0 Å². The summed E-state index contributed by atoms with van der Waals surface area (Å²) in [4.78, 5) is 12.6. The van der Waals surface area contributed by atoms with Crippen molar-refractivity contribution < 1.29 is 17.9 Å². The van der Waals surface area contributed by atoms with Crippen LogP contribution in [0.4, 0.5) is 0 Å². The molecule has 2 aromatic carbocycles. The van der Waals surface area contributed by atoms with Gasteiger partial charge in [0.15, 0.2) is 6.61 Å². The molecule has 0 bridgehead atoms. The standard InChI is InChI=1S/C23H32N2O4S/c1-7-10-24-30(27,28)20-8-9-22(18(5)12-20)29-14-23(26)25-19(6)21-13-16(3)15(2)11-17(21)4/h8-9,11-13,19,24H,7,10,14H2,1-6H3,(H,25,26)/t19-/m1/s1. The SMILES string of the molecule is CCCNS(=O)(=O)c1ccc(OCC(=O)N[C@H](C)c2cc(C)c(C)cc2C)c(C)c1. The van der Waals surface area contributed by atoms with Crippen molar-refractivity contribution in [3.63, 3.8) is 0 Å². The largest absolute Gasteiger partial charge is 0.484 e. The van der Waals surface area contributed by atoms with Gasteiger partial charge in [-0.1, -0.05) is 19.1 Å². The maximum atomic E-state index is 12.4. The summed E-state index contributed by atoms with van der Waals surface area (Å²) in [5.41, 5.74) is 5.28. The fraction of sp³-hybridized carbons (Fsp3) is 0.435. The molecule has 1 amide bonds. The van der Waals surface area contributed by atoms with Gasteiger partial charge in [-0.25, -0.2) is 13.1 Å². The zero-order valence-electron chi connectivity index (χ0n) is 18.6. The van der Waals surface area contributed by atoms with Gasteiger partial charge in [0.25, 0.3) is 5.91 Å². The summed E-state index contributed by atoms with van der Waals surface area (Å²) in [7, 11) is -3.54. The lowest BCUT2D eigenvalue weighted by Crippen LogP contribution is -2.31. The van der Waals surface area contributed by atoms with Gasteiger partial charge in [0.1, 0.15) is 5.75 Å². The average molecular weight is 433 g/mol. The molecular weight excluding hydrogens is 400 g/mol. The Morgan fingerprint density at radius 1 is 1.00 bits per heavy atom. The lowest BCUT2D eigenvalue weighted by Gasteiger charge is -2.19. The van der Waals surface area contributed by atoms with Crippen LogP contribution in [-0.2, 0) is 14.8 Å². The van der Waals surface area contributed by atoms with Crippen molar-refractivity contribution in [2.75, 3.05) is 13.2 Å². The van der Waals surface area contributed by atoms with E-state index in [0.29, 0.717) is 24.3 Å². The summed E-state index contributed by atoms with van der Waals surface area (Å²) < 4.78 is 32.6. The number of sulfonamides is 1. The highest BCUT2D eigenvalue weighted by Crippen LogP contribution is 2.23. The van der Waals surface area contributed by atoms with Crippen molar-refractivity contribution in [3.05, 3.63) is 58.1 Å². The van der Waals surface area contributed by atoms with Gasteiger partial charge in [-0.2, -0.15) is 0 Å². The van der Waals surface area contributed by atoms with Crippen molar-refractivity contribution in [2.24, 2.45) is 0 Å². The molecular formula is C23H32N2O4S. The molecule has 0 unspecified atom stereocenters. The second-order valence-corrected chi connectivity index (χ2v) is 9.46. The molecule has 0 aliphatic rings. The first-order valence-electron chi connectivity index (χ1n) is 10.2. The number of nitrogens with one attached hydrogen (secondary N) is 2. The van der Waals surface area contributed by atoms with Crippen molar-refractivity contribution in [3.8, 4) is 5.75 Å². The van der Waals surface area contributed by atoms with E-state index >= 15 is 0 Å². The highest BCUT2D eigenvalue weighted by molar-refractivity contribution is 7.89. The van der Waals surface area contributed by atoms with Crippen molar-refractivity contribution >= 4 is 15.9 Å². The Balaban J connectivity index is 2.00. The second-order valence-electron chi connectivity index (χ2n) is 7.70. The molecule has 2 N–H and O–H groups in total. The van der Waals surface area contributed by atoms with Crippen LogP contribution >= 0.6 is 0 Å². The molecule has 0 heterocycles. The Kier molecular flexibility index (Phi) is 8.03. The van der Waals surface area contributed by atoms with Gasteiger partial charge in [0.05, 0.1) is 10.9 Å². The molecule has 6 nitrogen and oxygen atoms in total. The van der Waals surface area contributed by atoms with E-state index in [2.05, 4.69) is 36.0 Å². The quantitative estimate of drug-likeness (QED) is 0.630. The van der Waals surface area contributed by atoms with Crippen LogP contribution in [0.1, 0.15) is 54.1 Å². The number of hydrogen-bond acceptors (Lipinski definition) is 4. The van der Waals surface area contributed by atoms with Gasteiger partial charge in [-0.05, 0) is 87.1 Å². The molecule has 0 radical (unpaired) electrons. The van der Waals surface area contributed by atoms with Crippen molar-refractivity contribution in [2.45, 2.75) is 58.9 Å². The third kappa shape index (κ3) is 6.06. The molecule has 0 aliphatic carbocycles. The maximum Gasteiger partial charge on any atom is 0.258 e. The molecule has 2 rings (SSSR count). The van der Waals surface area contributed by atoms with Gasteiger partial charge in [0.2, 0.25) is 10.0 Å². The molecule has 0 saturated heterocycles. The smallest absolute Gasteiger partial charge is 0.258 e. The van der Waals surface area contributed by atoms with E-state index in [-0.39, 0.29) is 23.5 Å². The fourth-order valence-corrected chi connectivity index (χ4v) is 4.44. The molecule has 0 spiro atoms. The van der Waals surface area contributed by atoms with E-state index in [4.69, 9.17) is 4.74 Å². The number of rotatable bonds is 9. The summed E-state index contributed by atoms with van der Waals surface area (Å²) in [6, 6.07) is 8.70. The van der Waals surface area contributed by atoms with Gasteiger partial charge < -0.3 is 10.1 Å². The van der Waals surface area contributed by atoms with E-state index in [1.165, 1.54) is 17.2 Å². The van der Waals surface area contributed by atoms with Gasteiger partial charge >= 0.3 is 0 Å². The maximum absolute atomic E-state index is 12.4. The Morgan fingerprint density at radius 2 is 1.67 bits per heavy atom. The number of ether oxygens (including phenoxy) is 1. The van der Waals surface area contributed by atoms with Crippen LogP contribution < -0.4 is 14.8 Å². The van der Waals surface area contributed by atoms with Crippen LogP contribution in [-0.4, -0.2) is 27.5 Å². The first-order valence-corrected chi connectivity index (χ1v) is 11.6. The monoisotopic (exact) mass is 432 g/mol. The molecule has 7 heteroatoms. The molecule has 0 fully saturated rings. The van der Waals surface area contributed by atoms with E-state index in [1.807, 2.05) is 20.8 Å². The van der Waals surface area contributed by atoms with Crippen LogP contribution in [0.5, 0.6) is 5.75 Å². The Bertz CT molecular complexity index is 1020. The lowest BCUT2D eigenvalue weighted by atomic mass is 9.96. The van der Waals surface area contributed by atoms with Crippen molar-refractivity contribution in [1.29, 1.82) is 0 Å². The van der Waals surface area contributed by atoms with Crippen molar-refractivity contribution in [1.82, 2.24) is 10.0 Å². The molecule has 30 heavy (non-hydrogen) atoms. The van der Waals surface area contributed by atoms with Gasteiger partial charge in [0, 0.05) is 6.54 Å². The predicted octanol–water partition coefficient (Wildman–Crippen LogP) is 3.86. The van der Waals surface area contributed by atoms with Gasteiger partial charge in [-0.3, -0.25) is 4.79 Å². The highest BCUT2D eigenvalue weighted by atomic mass is 32.2.